The molecule has 1 unspecified atom stereocenters. The van der Waals surface area contributed by atoms with Gasteiger partial charge in [0, 0.05) is 29.3 Å². The Kier molecular flexibility index (Phi) is 3.41. The van der Waals surface area contributed by atoms with E-state index in [1.54, 1.807) is 18.3 Å². The Morgan fingerprint density at radius 1 is 1.33 bits per heavy atom. The number of nitrogens with zero attached hydrogens (tertiary/aromatic N) is 2. The lowest BCUT2D eigenvalue weighted by Crippen LogP contribution is -2.17. The van der Waals surface area contributed by atoms with Gasteiger partial charge in [0.15, 0.2) is 0 Å². The molecule has 4 nitrogen and oxygen atoms in total. The molecule has 0 radical (unpaired) electrons. The Hall–Kier alpha value is -1.94. The molecule has 1 fully saturated rings. The van der Waals surface area contributed by atoms with Gasteiger partial charge in [-0.15, -0.1) is 0 Å². The minimum Gasteiger partial charge on any atom is -0.261 e. The van der Waals surface area contributed by atoms with Gasteiger partial charge in [0.1, 0.15) is 5.02 Å². The average Bonchev–Trinajstić information content (AvgIpc) is 3.29. The fraction of sp³-hybridized carbons (Fsp3) is 0.312. The Labute approximate surface area is 127 Å². The van der Waals surface area contributed by atoms with Crippen LogP contribution in [0.2, 0.25) is 5.02 Å². The molecule has 1 heterocycles. The summed E-state index contributed by atoms with van der Waals surface area (Å²) in [6.07, 6.45) is 3.82. The van der Waals surface area contributed by atoms with Crippen molar-refractivity contribution >= 4 is 17.3 Å². The molecule has 21 heavy (non-hydrogen) atoms. The quantitative estimate of drug-likeness (QED) is 0.618. The number of hydrogen-bond acceptors (Lipinski definition) is 3. The number of rotatable bonds is 4. The van der Waals surface area contributed by atoms with Crippen molar-refractivity contribution in [1.82, 2.24) is 4.98 Å². The van der Waals surface area contributed by atoms with Gasteiger partial charge in [-0.3, -0.25) is 15.1 Å². The topological polar surface area (TPSA) is 56.0 Å². The second-order valence-corrected chi connectivity index (χ2v) is 5.96. The molecule has 3 rings (SSSR count). The van der Waals surface area contributed by atoms with Crippen LogP contribution in [0.3, 0.4) is 0 Å². The van der Waals surface area contributed by atoms with Crippen molar-refractivity contribution in [3.63, 3.8) is 0 Å². The van der Waals surface area contributed by atoms with E-state index in [2.05, 4.69) is 11.9 Å². The van der Waals surface area contributed by atoms with Crippen LogP contribution >= 0.6 is 11.6 Å². The van der Waals surface area contributed by atoms with E-state index in [-0.39, 0.29) is 22.0 Å². The fourth-order valence-electron chi connectivity index (χ4n) is 2.98. The summed E-state index contributed by atoms with van der Waals surface area (Å²) in [4.78, 5) is 15.1. The monoisotopic (exact) mass is 302 g/mol. The highest BCUT2D eigenvalue weighted by Crippen LogP contribution is 2.57. The molecule has 108 valence electrons. The maximum absolute atomic E-state index is 11.1. The molecule has 0 aliphatic heterocycles. The molecular weight excluding hydrogens is 288 g/mol. The summed E-state index contributed by atoms with van der Waals surface area (Å²) in [6, 6.07) is 11.0. The van der Waals surface area contributed by atoms with Gasteiger partial charge in [-0.25, -0.2) is 0 Å². The minimum atomic E-state index is -0.423. The maximum Gasteiger partial charge on any atom is 0.288 e. The van der Waals surface area contributed by atoms with Crippen molar-refractivity contribution in [3.05, 3.63) is 69.0 Å². The fourth-order valence-corrected chi connectivity index (χ4v) is 3.17. The van der Waals surface area contributed by atoms with E-state index in [1.807, 2.05) is 24.3 Å². The molecule has 1 aromatic heterocycles. The molecule has 0 saturated heterocycles. The highest BCUT2D eigenvalue weighted by Gasteiger charge is 2.50. The molecule has 1 atom stereocenters. The molecule has 0 spiro atoms. The first-order valence-corrected chi connectivity index (χ1v) is 7.28. The summed E-state index contributed by atoms with van der Waals surface area (Å²) in [6.45, 7) is 2.13. The largest absolute Gasteiger partial charge is 0.288 e. The van der Waals surface area contributed by atoms with E-state index in [1.165, 1.54) is 0 Å². The van der Waals surface area contributed by atoms with Crippen LogP contribution in [0.15, 0.2) is 42.6 Å². The molecule has 1 saturated carbocycles. The van der Waals surface area contributed by atoms with Crippen molar-refractivity contribution in [2.45, 2.75) is 31.1 Å². The number of hydrogen-bond donors (Lipinski definition) is 0. The van der Waals surface area contributed by atoms with E-state index in [9.17, 15) is 10.1 Å². The molecule has 5 heteroatoms. The van der Waals surface area contributed by atoms with E-state index in [0.29, 0.717) is 0 Å². The van der Waals surface area contributed by atoms with Crippen molar-refractivity contribution in [1.29, 1.82) is 0 Å². The van der Waals surface area contributed by atoms with Gasteiger partial charge in [0.05, 0.1) is 4.92 Å². The van der Waals surface area contributed by atoms with Gasteiger partial charge in [0.2, 0.25) is 0 Å². The lowest BCUT2D eigenvalue weighted by Gasteiger charge is -2.23. The van der Waals surface area contributed by atoms with E-state index >= 15 is 0 Å². The van der Waals surface area contributed by atoms with Gasteiger partial charge in [-0.1, -0.05) is 30.7 Å². The first kappa shape index (κ1) is 14.0. The zero-order chi connectivity index (χ0) is 15.0. The standard InChI is InChI=1S/C16H15ClN2O2/c1-11(14-4-2-3-9-18-14)16(7-8-16)12-5-6-13(17)15(10-12)19(20)21/h2-6,9-11H,7-8H2,1H3. The number of pyridine rings is 1. The van der Waals surface area contributed by atoms with Gasteiger partial charge < -0.3 is 0 Å². The highest BCUT2D eigenvalue weighted by molar-refractivity contribution is 6.32. The molecule has 0 N–H and O–H groups in total. The zero-order valence-electron chi connectivity index (χ0n) is 11.6. The van der Waals surface area contributed by atoms with Crippen molar-refractivity contribution in [3.8, 4) is 0 Å². The third-order valence-corrected chi connectivity index (χ3v) is 4.79. The smallest absolute Gasteiger partial charge is 0.261 e. The first-order chi connectivity index (χ1) is 10.0. The molecule has 0 bridgehead atoms. The molecule has 1 aliphatic rings. The van der Waals surface area contributed by atoms with Crippen LogP contribution in [0.5, 0.6) is 0 Å². The van der Waals surface area contributed by atoms with Crippen LogP contribution in [0, 0.1) is 10.1 Å². The summed E-state index contributed by atoms with van der Waals surface area (Å²) in [5, 5.41) is 11.3. The Bertz CT molecular complexity index is 684. The Morgan fingerprint density at radius 3 is 2.67 bits per heavy atom. The Morgan fingerprint density at radius 2 is 2.10 bits per heavy atom. The molecular formula is C16H15ClN2O2. The van der Waals surface area contributed by atoms with Crippen molar-refractivity contribution in [2.24, 2.45) is 0 Å². The van der Waals surface area contributed by atoms with Crippen LogP contribution in [-0.2, 0) is 5.41 Å². The second kappa shape index (κ2) is 5.11. The molecule has 1 aliphatic carbocycles. The van der Waals surface area contributed by atoms with Gasteiger partial charge >= 0.3 is 0 Å². The van der Waals surface area contributed by atoms with Crippen LogP contribution in [0.4, 0.5) is 5.69 Å². The van der Waals surface area contributed by atoms with Crippen LogP contribution in [0.25, 0.3) is 0 Å². The number of halogens is 1. The highest BCUT2D eigenvalue weighted by atomic mass is 35.5. The first-order valence-electron chi connectivity index (χ1n) is 6.90. The van der Waals surface area contributed by atoms with E-state index < -0.39 is 4.92 Å². The van der Waals surface area contributed by atoms with Gasteiger partial charge in [0.25, 0.3) is 5.69 Å². The van der Waals surface area contributed by atoms with Crippen molar-refractivity contribution in [2.75, 3.05) is 0 Å². The van der Waals surface area contributed by atoms with Gasteiger partial charge in [-0.2, -0.15) is 0 Å². The summed E-state index contributed by atoms with van der Waals surface area (Å²) in [5.74, 6) is 0.222. The molecule has 0 amide bonds. The number of nitro benzene ring substituents is 1. The summed E-state index contributed by atoms with van der Waals surface area (Å²) in [7, 11) is 0. The summed E-state index contributed by atoms with van der Waals surface area (Å²) < 4.78 is 0. The third-order valence-electron chi connectivity index (χ3n) is 4.47. The predicted octanol–water partition coefficient (Wildman–Crippen LogP) is 4.48. The van der Waals surface area contributed by atoms with Crippen LogP contribution < -0.4 is 0 Å². The molecule has 1 aromatic carbocycles. The number of nitro groups is 1. The second-order valence-electron chi connectivity index (χ2n) is 5.56. The van der Waals surface area contributed by atoms with Gasteiger partial charge in [-0.05, 0) is 36.6 Å². The lowest BCUT2D eigenvalue weighted by atomic mass is 9.81. The number of benzene rings is 1. The minimum absolute atomic E-state index is 0.0198. The van der Waals surface area contributed by atoms with Crippen LogP contribution in [0.1, 0.15) is 36.9 Å². The van der Waals surface area contributed by atoms with Crippen LogP contribution in [-0.4, -0.2) is 9.91 Å². The summed E-state index contributed by atoms with van der Waals surface area (Å²) in [5.41, 5.74) is 1.93. The Balaban J connectivity index is 2.00. The average molecular weight is 303 g/mol. The third kappa shape index (κ3) is 2.40. The van der Waals surface area contributed by atoms with Crippen molar-refractivity contribution < 1.29 is 4.92 Å². The molecule has 2 aromatic rings. The lowest BCUT2D eigenvalue weighted by molar-refractivity contribution is -0.384. The zero-order valence-corrected chi connectivity index (χ0v) is 12.4. The maximum atomic E-state index is 11.1. The number of aromatic nitrogens is 1. The van der Waals surface area contributed by atoms with E-state index in [0.717, 1.165) is 24.1 Å². The normalized spacial score (nSPS) is 17.2. The SMILES string of the molecule is CC(c1ccccn1)C1(c2ccc(Cl)c([N+](=O)[O-])c2)CC1. The predicted molar refractivity (Wildman–Crippen MR) is 81.7 cm³/mol. The van der Waals surface area contributed by atoms with E-state index in [4.69, 9.17) is 11.6 Å². The summed E-state index contributed by atoms with van der Waals surface area (Å²) >= 11 is 5.90.